The van der Waals surface area contributed by atoms with E-state index in [-0.39, 0.29) is 0 Å². The van der Waals surface area contributed by atoms with Crippen LogP contribution in [0.5, 0.6) is 0 Å². The van der Waals surface area contributed by atoms with Crippen LogP contribution in [0, 0.1) is 11.8 Å². The number of hydrogen-bond donors (Lipinski definition) is 1. The number of nitrogens with two attached hydrogens (primary N) is 1. The SMILES string of the molecule is CCCCCN(CCCCC)C(=O)C[C@@H](CN)CC(C)C. The smallest absolute Gasteiger partial charge is 0.222 e. The number of unbranched alkanes of at least 4 members (excludes halogenated alkanes) is 4. The first-order valence-corrected chi connectivity index (χ1v) is 9.02. The van der Waals surface area contributed by atoms with Crippen molar-refractivity contribution in [2.24, 2.45) is 17.6 Å². The van der Waals surface area contributed by atoms with Crippen molar-refractivity contribution in [1.29, 1.82) is 0 Å². The van der Waals surface area contributed by atoms with Gasteiger partial charge in [-0.05, 0) is 37.6 Å². The summed E-state index contributed by atoms with van der Waals surface area (Å²) >= 11 is 0. The molecule has 21 heavy (non-hydrogen) atoms. The summed E-state index contributed by atoms with van der Waals surface area (Å²) in [7, 11) is 0. The molecule has 0 saturated carbocycles. The fraction of sp³-hybridized carbons (Fsp3) is 0.944. The van der Waals surface area contributed by atoms with Crippen LogP contribution in [0.25, 0.3) is 0 Å². The van der Waals surface area contributed by atoms with Crippen molar-refractivity contribution in [3.8, 4) is 0 Å². The normalized spacial score (nSPS) is 12.7. The molecule has 0 aliphatic heterocycles. The Morgan fingerprint density at radius 2 is 1.52 bits per heavy atom. The number of rotatable bonds is 13. The average molecular weight is 299 g/mol. The molecule has 1 amide bonds. The van der Waals surface area contributed by atoms with Crippen LogP contribution < -0.4 is 5.73 Å². The molecule has 0 aliphatic carbocycles. The van der Waals surface area contributed by atoms with Crippen molar-refractivity contribution in [3.63, 3.8) is 0 Å². The number of hydrogen-bond acceptors (Lipinski definition) is 2. The Morgan fingerprint density at radius 3 is 1.90 bits per heavy atom. The first kappa shape index (κ1) is 20.4. The minimum Gasteiger partial charge on any atom is -0.343 e. The van der Waals surface area contributed by atoms with E-state index in [0.29, 0.717) is 30.7 Å². The minimum absolute atomic E-state index is 0.318. The van der Waals surface area contributed by atoms with E-state index < -0.39 is 0 Å². The minimum atomic E-state index is 0.318. The zero-order valence-electron chi connectivity index (χ0n) is 14.9. The lowest BCUT2D eigenvalue weighted by Crippen LogP contribution is -2.35. The molecule has 126 valence electrons. The van der Waals surface area contributed by atoms with Crippen LogP contribution in [0.1, 0.15) is 79.1 Å². The van der Waals surface area contributed by atoms with E-state index in [4.69, 9.17) is 5.73 Å². The molecule has 0 fully saturated rings. The first-order chi connectivity index (χ1) is 10.0. The van der Waals surface area contributed by atoms with Gasteiger partial charge in [0.1, 0.15) is 0 Å². The topological polar surface area (TPSA) is 46.3 Å². The van der Waals surface area contributed by atoms with Crippen LogP contribution in [0.2, 0.25) is 0 Å². The molecule has 0 aromatic carbocycles. The summed E-state index contributed by atoms with van der Waals surface area (Å²) in [4.78, 5) is 14.6. The van der Waals surface area contributed by atoms with E-state index in [1.807, 2.05) is 0 Å². The number of carbonyl (C=O) groups excluding carboxylic acids is 1. The van der Waals surface area contributed by atoms with Gasteiger partial charge in [-0.3, -0.25) is 4.79 Å². The molecule has 0 radical (unpaired) electrons. The van der Waals surface area contributed by atoms with Crippen molar-refractivity contribution in [3.05, 3.63) is 0 Å². The Hall–Kier alpha value is -0.570. The standard InChI is InChI=1S/C18H38N2O/c1-5-7-9-11-20(12-10-8-6-2)18(21)14-17(15-19)13-16(3)4/h16-17H,5-15,19H2,1-4H3/t17-/m0/s1. The van der Waals surface area contributed by atoms with Crippen molar-refractivity contribution in [2.45, 2.75) is 79.1 Å². The summed E-state index contributed by atoms with van der Waals surface area (Å²) in [5.41, 5.74) is 5.84. The quantitative estimate of drug-likeness (QED) is 0.518. The Balaban J connectivity index is 4.37. The Kier molecular flexibility index (Phi) is 12.8. The molecule has 0 unspecified atom stereocenters. The van der Waals surface area contributed by atoms with Gasteiger partial charge in [-0.15, -0.1) is 0 Å². The highest BCUT2D eigenvalue weighted by Crippen LogP contribution is 2.16. The van der Waals surface area contributed by atoms with Gasteiger partial charge in [-0.2, -0.15) is 0 Å². The molecule has 0 rings (SSSR count). The molecular formula is C18H38N2O. The molecule has 0 aliphatic rings. The van der Waals surface area contributed by atoms with E-state index in [2.05, 4.69) is 32.6 Å². The van der Waals surface area contributed by atoms with E-state index >= 15 is 0 Å². The van der Waals surface area contributed by atoms with Crippen LogP contribution in [-0.4, -0.2) is 30.4 Å². The van der Waals surface area contributed by atoms with Crippen LogP contribution in [-0.2, 0) is 4.79 Å². The van der Waals surface area contributed by atoms with Gasteiger partial charge in [0.2, 0.25) is 5.91 Å². The van der Waals surface area contributed by atoms with Gasteiger partial charge < -0.3 is 10.6 Å². The van der Waals surface area contributed by atoms with Crippen molar-refractivity contribution in [1.82, 2.24) is 4.90 Å². The monoisotopic (exact) mass is 298 g/mol. The van der Waals surface area contributed by atoms with E-state index in [9.17, 15) is 4.79 Å². The second-order valence-electron chi connectivity index (χ2n) is 6.73. The highest BCUT2D eigenvalue weighted by Gasteiger charge is 2.18. The van der Waals surface area contributed by atoms with Crippen molar-refractivity contribution < 1.29 is 4.79 Å². The summed E-state index contributed by atoms with van der Waals surface area (Å²) in [5.74, 6) is 1.27. The molecule has 0 spiro atoms. The van der Waals surface area contributed by atoms with Crippen molar-refractivity contribution >= 4 is 5.91 Å². The summed E-state index contributed by atoms with van der Waals surface area (Å²) in [6.07, 6.45) is 8.78. The third-order valence-electron chi connectivity index (χ3n) is 4.02. The molecule has 0 aromatic heterocycles. The summed E-state index contributed by atoms with van der Waals surface area (Å²) in [5, 5.41) is 0. The molecular weight excluding hydrogens is 260 g/mol. The van der Waals surface area contributed by atoms with Gasteiger partial charge in [-0.25, -0.2) is 0 Å². The predicted octanol–water partition coefficient (Wildman–Crippen LogP) is 4.21. The summed E-state index contributed by atoms with van der Waals surface area (Å²) in [6.45, 7) is 11.3. The van der Waals surface area contributed by atoms with Gasteiger partial charge in [0.15, 0.2) is 0 Å². The zero-order valence-corrected chi connectivity index (χ0v) is 14.9. The van der Waals surface area contributed by atoms with Gasteiger partial charge in [-0.1, -0.05) is 53.4 Å². The molecule has 0 heterocycles. The second kappa shape index (κ2) is 13.1. The molecule has 0 aromatic rings. The fourth-order valence-corrected chi connectivity index (χ4v) is 2.77. The number of amides is 1. The van der Waals surface area contributed by atoms with Crippen molar-refractivity contribution in [2.75, 3.05) is 19.6 Å². The number of nitrogens with zero attached hydrogens (tertiary/aromatic N) is 1. The lowest BCUT2D eigenvalue weighted by atomic mass is 9.93. The molecule has 2 N–H and O–H groups in total. The number of carbonyl (C=O) groups is 1. The Bertz CT molecular complexity index is 244. The average Bonchev–Trinajstić information content (AvgIpc) is 2.44. The van der Waals surface area contributed by atoms with E-state index in [1.54, 1.807) is 0 Å². The van der Waals surface area contributed by atoms with E-state index in [1.165, 1.54) is 25.7 Å². The van der Waals surface area contributed by atoms with Crippen LogP contribution >= 0.6 is 0 Å². The molecule has 0 bridgehead atoms. The maximum absolute atomic E-state index is 12.6. The fourth-order valence-electron chi connectivity index (χ4n) is 2.77. The Morgan fingerprint density at radius 1 is 1.00 bits per heavy atom. The maximum Gasteiger partial charge on any atom is 0.222 e. The Labute approximate surface area is 132 Å². The van der Waals surface area contributed by atoms with Crippen LogP contribution in [0.3, 0.4) is 0 Å². The third-order valence-corrected chi connectivity index (χ3v) is 4.02. The van der Waals surface area contributed by atoms with Gasteiger partial charge in [0.05, 0.1) is 0 Å². The van der Waals surface area contributed by atoms with Crippen LogP contribution in [0.15, 0.2) is 0 Å². The van der Waals surface area contributed by atoms with Crippen LogP contribution in [0.4, 0.5) is 0 Å². The summed E-state index contributed by atoms with van der Waals surface area (Å²) < 4.78 is 0. The molecule has 0 saturated heterocycles. The maximum atomic E-state index is 12.6. The lowest BCUT2D eigenvalue weighted by Gasteiger charge is -2.25. The molecule has 3 nitrogen and oxygen atoms in total. The van der Waals surface area contributed by atoms with Gasteiger partial charge in [0.25, 0.3) is 0 Å². The highest BCUT2D eigenvalue weighted by molar-refractivity contribution is 5.76. The highest BCUT2D eigenvalue weighted by atomic mass is 16.2. The second-order valence-corrected chi connectivity index (χ2v) is 6.73. The van der Waals surface area contributed by atoms with Gasteiger partial charge >= 0.3 is 0 Å². The first-order valence-electron chi connectivity index (χ1n) is 9.02. The zero-order chi connectivity index (χ0) is 16.1. The molecule has 1 atom stereocenters. The predicted molar refractivity (Wildman–Crippen MR) is 92.2 cm³/mol. The molecule has 3 heteroatoms. The summed E-state index contributed by atoms with van der Waals surface area (Å²) in [6, 6.07) is 0. The third kappa shape index (κ3) is 10.8. The lowest BCUT2D eigenvalue weighted by molar-refractivity contribution is -0.132. The van der Waals surface area contributed by atoms with Gasteiger partial charge in [0, 0.05) is 19.5 Å². The van der Waals surface area contributed by atoms with E-state index in [0.717, 1.165) is 32.4 Å². The largest absolute Gasteiger partial charge is 0.343 e.